The zero-order chi connectivity index (χ0) is 15.0. The first kappa shape index (κ1) is 17.3. The third-order valence-corrected chi connectivity index (χ3v) is 5.91. The molecule has 0 amide bonds. The van der Waals surface area contributed by atoms with Crippen molar-refractivity contribution in [1.29, 1.82) is 0 Å². The summed E-state index contributed by atoms with van der Waals surface area (Å²) in [5.74, 6) is 0.831. The second-order valence-corrected chi connectivity index (χ2v) is 7.37. The van der Waals surface area contributed by atoms with Crippen molar-refractivity contribution >= 4 is 0 Å². The first-order valence-corrected chi connectivity index (χ1v) is 9.61. The quantitative estimate of drug-likeness (QED) is 0.691. The average molecular weight is 296 g/mol. The third kappa shape index (κ3) is 4.69. The van der Waals surface area contributed by atoms with E-state index < -0.39 is 0 Å². The molecule has 0 aliphatic heterocycles. The number of methoxy groups -OCH3 is 1. The molecule has 2 aliphatic carbocycles. The van der Waals surface area contributed by atoms with Crippen LogP contribution < -0.4 is 5.32 Å². The molecular weight excluding hydrogens is 258 g/mol. The van der Waals surface area contributed by atoms with Gasteiger partial charge in [-0.15, -0.1) is 0 Å². The molecular formula is C19H37NO. The predicted octanol–water partition coefficient (Wildman–Crippen LogP) is 5.06. The number of ether oxygens (including phenoxy) is 1. The standard InChI is InChI=1S/C19H37NO/c1-3-16-20-18(17-12-8-4-5-9-13-17)19(21-2)14-10-6-7-11-15-19/h17-18,20H,3-16H2,1-2H3. The Morgan fingerprint density at radius 2 is 1.52 bits per heavy atom. The maximum atomic E-state index is 6.25. The molecule has 0 radical (unpaired) electrons. The van der Waals surface area contributed by atoms with Gasteiger partial charge in [0.2, 0.25) is 0 Å². The molecule has 1 unspecified atom stereocenters. The van der Waals surface area contributed by atoms with Crippen LogP contribution >= 0.6 is 0 Å². The second-order valence-electron chi connectivity index (χ2n) is 7.37. The van der Waals surface area contributed by atoms with Crippen molar-refractivity contribution in [2.45, 2.75) is 102 Å². The van der Waals surface area contributed by atoms with Gasteiger partial charge in [0.1, 0.15) is 0 Å². The SMILES string of the molecule is CCCNC(C1CCCCCC1)C1(OC)CCCCCC1. The number of rotatable bonds is 6. The lowest BCUT2D eigenvalue weighted by atomic mass is 9.76. The first-order chi connectivity index (χ1) is 10.3. The molecule has 21 heavy (non-hydrogen) atoms. The van der Waals surface area contributed by atoms with Crippen molar-refractivity contribution < 1.29 is 4.74 Å². The normalized spacial score (nSPS) is 26.0. The molecule has 0 heterocycles. The van der Waals surface area contributed by atoms with Gasteiger partial charge in [0, 0.05) is 13.2 Å². The fourth-order valence-corrected chi connectivity index (χ4v) is 4.70. The van der Waals surface area contributed by atoms with Gasteiger partial charge in [-0.25, -0.2) is 0 Å². The Bertz CT molecular complexity index is 263. The molecule has 0 spiro atoms. The monoisotopic (exact) mass is 295 g/mol. The summed E-state index contributed by atoms with van der Waals surface area (Å²) >= 11 is 0. The largest absolute Gasteiger partial charge is 0.377 e. The summed E-state index contributed by atoms with van der Waals surface area (Å²) in [6.45, 7) is 3.43. The van der Waals surface area contributed by atoms with Crippen LogP contribution in [0.3, 0.4) is 0 Å². The summed E-state index contributed by atoms with van der Waals surface area (Å²) in [5.41, 5.74) is 0.112. The Morgan fingerprint density at radius 1 is 0.952 bits per heavy atom. The van der Waals surface area contributed by atoms with E-state index in [-0.39, 0.29) is 5.60 Å². The first-order valence-electron chi connectivity index (χ1n) is 9.61. The van der Waals surface area contributed by atoms with Crippen LogP contribution in [0.25, 0.3) is 0 Å². The Kier molecular flexibility index (Phi) is 7.53. The van der Waals surface area contributed by atoms with Gasteiger partial charge in [-0.2, -0.15) is 0 Å². The van der Waals surface area contributed by atoms with Gasteiger partial charge in [0.15, 0.2) is 0 Å². The van der Waals surface area contributed by atoms with E-state index in [9.17, 15) is 0 Å². The average Bonchev–Trinajstić information content (AvgIpc) is 2.91. The van der Waals surface area contributed by atoms with Crippen molar-refractivity contribution in [3.8, 4) is 0 Å². The van der Waals surface area contributed by atoms with Crippen molar-refractivity contribution in [3.05, 3.63) is 0 Å². The minimum atomic E-state index is 0.112. The number of hydrogen-bond donors (Lipinski definition) is 1. The van der Waals surface area contributed by atoms with Crippen molar-refractivity contribution in [2.75, 3.05) is 13.7 Å². The highest BCUT2D eigenvalue weighted by atomic mass is 16.5. The Labute approximate surface area is 132 Å². The van der Waals surface area contributed by atoms with E-state index in [1.807, 2.05) is 7.11 Å². The smallest absolute Gasteiger partial charge is 0.0833 e. The van der Waals surface area contributed by atoms with Gasteiger partial charge >= 0.3 is 0 Å². The lowest BCUT2D eigenvalue weighted by molar-refractivity contribution is -0.0696. The van der Waals surface area contributed by atoms with Gasteiger partial charge < -0.3 is 10.1 Å². The molecule has 124 valence electrons. The summed E-state index contributed by atoms with van der Waals surface area (Å²) in [6, 6.07) is 0.582. The van der Waals surface area contributed by atoms with Crippen LogP contribution in [0.4, 0.5) is 0 Å². The summed E-state index contributed by atoms with van der Waals surface area (Å²) < 4.78 is 6.25. The highest BCUT2D eigenvalue weighted by molar-refractivity contribution is 4.98. The molecule has 0 saturated heterocycles. The third-order valence-electron chi connectivity index (χ3n) is 5.91. The molecule has 2 nitrogen and oxygen atoms in total. The Balaban J connectivity index is 2.13. The van der Waals surface area contributed by atoms with Gasteiger partial charge in [0.05, 0.1) is 5.60 Å². The number of nitrogens with one attached hydrogen (secondary N) is 1. The zero-order valence-corrected chi connectivity index (χ0v) is 14.5. The molecule has 2 saturated carbocycles. The zero-order valence-electron chi connectivity index (χ0n) is 14.5. The van der Waals surface area contributed by atoms with E-state index in [0.717, 1.165) is 12.5 Å². The van der Waals surface area contributed by atoms with Crippen molar-refractivity contribution in [3.63, 3.8) is 0 Å². The van der Waals surface area contributed by atoms with E-state index in [2.05, 4.69) is 12.2 Å². The van der Waals surface area contributed by atoms with Gasteiger partial charge in [-0.1, -0.05) is 58.3 Å². The van der Waals surface area contributed by atoms with E-state index in [1.54, 1.807) is 0 Å². The fourth-order valence-electron chi connectivity index (χ4n) is 4.70. The molecule has 0 aromatic heterocycles. The van der Waals surface area contributed by atoms with Crippen molar-refractivity contribution in [2.24, 2.45) is 5.92 Å². The predicted molar refractivity (Wildman–Crippen MR) is 90.7 cm³/mol. The van der Waals surface area contributed by atoms with E-state index >= 15 is 0 Å². The van der Waals surface area contributed by atoms with Crippen LogP contribution in [0.2, 0.25) is 0 Å². The van der Waals surface area contributed by atoms with Crippen LogP contribution in [0.15, 0.2) is 0 Å². The van der Waals surface area contributed by atoms with E-state index in [0.29, 0.717) is 6.04 Å². The second kappa shape index (κ2) is 9.15. The maximum Gasteiger partial charge on any atom is 0.0833 e. The van der Waals surface area contributed by atoms with Crippen LogP contribution in [0, 0.1) is 5.92 Å². The van der Waals surface area contributed by atoms with Crippen LogP contribution in [0.5, 0.6) is 0 Å². The Morgan fingerprint density at radius 3 is 2.05 bits per heavy atom. The highest BCUT2D eigenvalue weighted by Gasteiger charge is 2.42. The molecule has 2 heteroatoms. The minimum Gasteiger partial charge on any atom is -0.377 e. The lowest BCUT2D eigenvalue weighted by Gasteiger charge is -2.44. The number of hydrogen-bond acceptors (Lipinski definition) is 2. The summed E-state index contributed by atoms with van der Waals surface area (Å²) in [6.07, 6.45) is 17.8. The fraction of sp³-hybridized carbons (Fsp3) is 1.00. The molecule has 0 aromatic rings. The molecule has 1 N–H and O–H groups in total. The summed E-state index contributed by atoms with van der Waals surface area (Å²) in [5, 5.41) is 3.93. The van der Waals surface area contributed by atoms with E-state index in [4.69, 9.17) is 4.74 Å². The van der Waals surface area contributed by atoms with Crippen molar-refractivity contribution in [1.82, 2.24) is 5.32 Å². The summed E-state index contributed by atoms with van der Waals surface area (Å²) in [4.78, 5) is 0. The molecule has 1 atom stereocenters. The molecule has 0 aromatic carbocycles. The molecule has 2 fully saturated rings. The molecule has 0 bridgehead atoms. The lowest BCUT2D eigenvalue weighted by Crippen LogP contribution is -2.56. The topological polar surface area (TPSA) is 21.3 Å². The van der Waals surface area contributed by atoms with Crippen LogP contribution in [0.1, 0.15) is 90.4 Å². The van der Waals surface area contributed by atoms with E-state index in [1.165, 1.54) is 83.5 Å². The van der Waals surface area contributed by atoms with Crippen LogP contribution in [-0.4, -0.2) is 25.3 Å². The Hall–Kier alpha value is -0.0800. The van der Waals surface area contributed by atoms with Gasteiger partial charge in [-0.3, -0.25) is 0 Å². The molecule has 2 aliphatic rings. The summed E-state index contributed by atoms with van der Waals surface area (Å²) in [7, 11) is 1.97. The van der Waals surface area contributed by atoms with Crippen LogP contribution in [-0.2, 0) is 4.74 Å². The van der Waals surface area contributed by atoms with Gasteiger partial charge in [0.25, 0.3) is 0 Å². The minimum absolute atomic E-state index is 0.112. The maximum absolute atomic E-state index is 6.25. The van der Waals surface area contributed by atoms with Gasteiger partial charge in [-0.05, 0) is 44.6 Å². The highest BCUT2D eigenvalue weighted by Crippen LogP contribution is 2.39. The molecule has 2 rings (SSSR count).